The standard InChI is InChI=1S/C23H23N3O2.C21H26F2N4O2.C21H21N3O2S.C16H18N2O4S.3C2H7N/c1-2-7-22(27)21(26-23(28)18-9-4-3-5-10-18)15-17-8-6-11-19(14-17)20-12-13-24-25-16-20;22-21(23,12-16-4-2-1-3-5-16)13-17(18(28)14-20(15-24)6-7-20)26-19(29)27-10-8-25-9-11-27;1-2-7-19(25)18(23-20(26)16-9-4-3-5-10-16)13-15-8-6-11-17(12-15)21-24-22-14-27-21;1-23(21,22)10-13(14(19)9-16(11-17)7-8-16)18-15(20)12-5-3-2-4-6-12;3*1-2-3/h3-6,8-14,16,21H,2,7,15H2,1H3,(H,26,28);1-5,17,25H,6-14H2,(H,26,29);3-6,8-12,14,18H,2,7,13H2,1H3,(H,23,26);2-6,13H,7-10H2,1H3,(H,18,20);3*2-3H2,1H3/t21-;17-;18-;13-;;;/m0000.../s1. The Morgan fingerprint density at radius 1 is 0.534 bits per heavy atom. The molecule has 2 aromatic heterocycles. The number of piperazine rings is 1. The van der Waals surface area contributed by atoms with Crippen molar-refractivity contribution in [2.75, 3.05) is 57.8 Å². The van der Waals surface area contributed by atoms with Crippen LogP contribution in [0.2, 0.25) is 0 Å². The van der Waals surface area contributed by atoms with Gasteiger partial charge in [-0.2, -0.15) is 20.7 Å². The van der Waals surface area contributed by atoms with Crippen LogP contribution in [0, 0.1) is 33.5 Å². The Labute approximate surface area is 683 Å². The van der Waals surface area contributed by atoms with Gasteiger partial charge in [0.05, 0.1) is 59.2 Å². The highest BCUT2D eigenvalue weighted by Gasteiger charge is 2.48. The molecule has 2 aliphatic carbocycles. The van der Waals surface area contributed by atoms with Crippen LogP contribution in [0.15, 0.2) is 194 Å². The molecule has 25 nitrogen and oxygen atoms in total. The first-order valence-corrected chi connectivity index (χ1v) is 41.8. The van der Waals surface area contributed by atoms with Gasteiger partial charge < -0.3 is 48.7 Å². The number of alkyl halides is 2. The van der Waals surface area contributed by atoms with Gasteiger partial charge in [0.15, 0.2) is 23.1 Å². The zero-order valence-corrected chi connectivity index (χ0v) is 68.5. The van der Waals surface area contributed by atoms with E-state index in [-0.39, 0.29) is 36.2 Å². The number of carbonyl (C=O) groups is 8. The number of Topliss-reactive ketones (excluding diaryl/α,β-unsaturated/α-hetero) is 4. The Balaban J connectivity index is 0.000000267. The van der Waals surface area contributed by atoms with E-state index in [0.717, 1.165) is 71.6 Å². The van der Waals surface area contributed by atoms with Crippen LogP contribution in [0.5, 0.6) is 0 Å². The van der Waals surface area contributed by atoms with E-state index in [1.807, 2.05) is 126 Å². The zero-order valence-electron chi connectivity index (χ0n) is 66.9. The number of amides is 5. The van der Waals surface area contributed by atoms with Crippen LogP contribution >= 0.6 is 11.3 Å². The Kier molecular flexibility index (Phi) is 41.5. The second-order valence-corrected chi connectivity index (χ2v) is 31.2. The number of hydrogen-bond acceptors (Lipinski definition) is 21. The number of nitrogens with zero attached hydrogens (tertiary/aromatic N) is 7. The Morgan fingerprint density at radius 2 is 0.948 bits per heavy atom. The number of rotatable bonds is 31. The van der Waals surface area contributed by atoms with Crippen LogP contribution < -0.4 is 43.8 Å². The maximum absolute atomic E-state index is 14.8. The first-order chi connectivity index (χ1) is 55.7. The van der Waals surface area contributed by atoms with E-state index in [0.29, 0.717) is 99.8 Å². The van der Waals surface area contributed by atoms with Gasteiger partial charge in [-0.1, -0.05) is 173 Å². The van der Waals surface area contributed by atoms with Gasteiger partial charge in [0.2, 0.25) is 0 Å². The molecule has 3 heterocycles. The second kappa shape index (κ2) is 50.3. The molecule has 11 rings (SSSR count). The number of hydrogen-bond donors (Lipinski definition) is 8. The first-order valence-electron chi connectivity index (χ1n) is 38.8. The topological polar surface area (TPSA) is 411 Å². The second-order valence-electron chi connectivity index (χ2n) is 28.1. The summed E-state index contributed by atoms with van der Waals surface area (Å²) in [6.07, 6.45) is 8.67. The maximum Gasteiger partial charge on any atom is 0.318 e. The summed E-state index contributed by atoms with van der Waals surface area (Å²) in [6, 6.07) is 52.4. The van der Waals surface area contributed by atoms with Crippen LogP contribution in [0.4, 0.5) is 13.6 Å². The fourth-order valence-electron chi connectivity index (χ4n) is 11.8. The third kappa shape index (κ3) is 35.0. The molecule has 5 amide bonds. The van der Waals surface area contributed by atoms with E-state index in [1.54, 1.807) is 103 Å². The predicted octanol–water partition coefficient (Wildman–Crippen LogP) is 11.3. The number of aromatic nitrogens is 4. The molecule has 11 N–H and O–H groups in total. The highest BCUT2D eigenvalue weighted by molar-refractivity contribution is 7.90. The minimum Gasteiger partial charge on any atom is -0.342 e. The average Bonchev–Trinajstić information content (AvgIpc) is 1.64. The van der Waals surface area contributed by atoms with Gasteiger partial charge in [-0.05, 0) is 142 Å². The molecule has 0 unspecified atom stereocenters. The van der Waals surface area contributed by atoms with Gasteiger partial charge in [-0.3, -0.25) is 33.6 Å². The summed E-state index contributed by atoms with van der Waals surface area (Å²) in [5.41, 5.74) is 21.6. The van der Waals surface area contributed by atoms with Gasteiger partial charge in [-0.25, -0.2) is 22.0 Å². The zero-order chi connectivity index (χ0) is 84.9. The Hall–Kier alpha value is -11.1. The quantitative estimate of drug-likeness (QED) is 0.0200. The molecule has 618 valence electrons. The molecule has 0 spiro atoms. The van der Waals surface area contributed by atoms with Crippen molar-refractivity contribution in [2.45, 2.75) is 155 Å². The summed E-state index contributed by atoms with van der Waals surface area (Å²) >= 11 is 1.47. The molecule has 29 heteroatoms. The number of ketones is 4. The number of nitrogens with two attached hydrogens (primary N) is 3. The fourth-order valence-corrected chi connectivity index (χ4v) is 13.2. The van der Waals surface area contributed by atoms with Crippen molar-refractivity contribution in [3.63, 3.8) is 0 Å². The molecular formula is C87H109F2N15O10S2. The van der Waals surface area contributed by atoms with Gasteiger partial charge >= 0.3 is 6.03 Å². The van der Waals surface area contributed by atoms with Crippen molar-refractivity contribution in [1.29, 1.82) is 10.5 Å². The third-order valence-corrected chi connectivity index (χ3v) is 19.7. The van der Waals surface area contributed by atoms with Crippen molar-refractivity contribution >= 4 is 68.1 Å². The smallest absolute Gasteiger partial charge is 0.318 e. The summed E-state index contributed by atoms with van der Waals surface area (Å²) in [6.45, 7) is 14.0. The molecule has 0 bridgehead atoms. The number of carbonyl (C=O) groups excluding carboxylic acids is 8. The van der Waals surface area contributed by atoms with Crippen LogP contribution in [0.25, 0.3) is 21.7 Å². The van der Waals surface area contributed by atoms with Gasteiger partial charge in [0, 0.05) is 98.8 Å². The van der Waals surface area contributed by atoms with Crippen molar-refractivity contribution in [2.24, 2.45) is 28.0 Å². The molecule has 1 saturated heterocycles. The van der Waals surface area contributed by atoms with Gasteiger partial charge in [0.25, 0.3) is 23.6 Å². The van der Waals surface area contributed by atoms with E-state index in [1.165, 1.54) is 16.2 Å². The third-order valence-electron chi connectivity index (χ3n) is 18.0. The van der Waals surface area contributed by atoms with Crippen molar-refractivity contribution in [1.82, 2.24) is 51.9 Å². The summed E-state index contributed by atoms with van der Waals surface area (Å²) in [5, 5.41) is 48.8. The maximum atomic E-state index is 14.8. The van der Waals surface area contributed by atoms with Crippen molar-refractivity contribution in [3.8, 4) is 33.8 Å². The predicted molar refractivity (Wildman–Crippen MR) is 447 cm³/mol. The molecular weight excluding hydrogens is 1520 g/mol. The van der Waals surface area contributed by atoms with E-state index in [4.69, 9.17) is 22.5 Å². The van der Waals surface area contributed by atoms with Gasteiger partial charge in [-0.15, -0.1) is 10.2 Å². The number of sulfone groups is 1. The summed E-state index contributed by atoms with van der Waals surface area (Å²) in [5.74, 6) is -5.43. The minimum atomic E-state index is -3.46. The van der Waals surface area contributed by atoms with Crippen LogP contribution in [0.3, 0.4) is 0 Å². The normalized spacial score (nSPS) is 14.1. The number of benzene rings is 6. The van der Waals surface area contributed by atoms with Crippen LogP contribution in [-0.2, 0) is 48.3 Å². The van der Waals surface area contributed by atoms with E-state index >= 15 is 0 Å². The lowest BCUT2D eigenvalue weighted by molar-refractivity contribution is -0.124. The molecule has 2 saturated carbocycles. The monoisotopic (exact) mass is 1630 g/mol. The largest absolute Gasteiger partial charge is 0.342 e. The lowest BCUT2D eigenvalue weighted by atomic mass is 9.92. The SMILES string of the molecule is CCCC(=O)[C@H](Cc1cccc(-c2ccnnc2)c1)NC(=O)c1ccccc1.CCCC(=O)[C@H](Cc1cccc(-c2nncs2)c1)NC(=O)c1ccccc1.CCN.CCN.CCN.CS(=O)(=O)C[C@H](NC(=O)c1ccccc1)C(=O)CC1(C#N)CC1.N#CC1(CC(=O)[C@H](CC(F)(F)Cc2ccccc2)NC(=O)N2CCNCC2)CC1. The summed E-state index contributed by atoms with van der Waals surface area (Å²) in [4.78, 5) is 102. The van der Waals surface area contributed by atoms with E-state index in [9.17, 15) is 60.8 Å². The fraction of sp³-hybridized carbons (Fsp3) is 0.402. The molecule has 116 heavy (non-hydrogen) atoms. The first kappa shape index (κ1) is 95.5. The Morgan fingerprint density at radius 3 is 1.34 bits per heavy atom. The van der Waals surface area contributed by atoms with Crippen molar-refractivity contribution in [3.05, 3.63) is 227 Å². The lowest BCUT2D eigenvalue weighted by Crippen LogP contribution is -2.54. The highest BCUT2D eigenvalue weighted by Crippen LogP contribution is 2.49. The van der Waals surface area contributed by atoms with E-state index in [2.05, 4.69) is 59.1 Å². The summed E-state index contributed by atoms with van der Waals surface area (Å²) in [7, 11) is -3.46. The molecule has 8 aromatic rings. The molecule has 0 radical (unpaired) electrons. The Bertz CT molecular complexity index is 4550. The summed E-state index contributed by atoms with van der Waals surface area (Å²) < 4.78 is 52.6. The van der Waals surface area contributed by atoms with E-state index < -0.39 is 92.9 Å². The number of nitrogens with one attached hydrogen (secondary N) is 5. The lowest BCUT2D eigenvalue weighted by Gasteiger charge is -2.30. The van der Waals surface area contributed by atoms with Crippen LogP contribution in [-0.4, -0.2) is 169 Å². The number of urea groups is 1. The van der Waals surface area contributed by atoms with Crippen LogP contribution in [0.1, 0.15) is 153 Å². The molecule has 6 aromatic carbocycles. The molecule has 3 fully saturated rings. The number of halogens is 2. The average molecular weight is 1630 g/mol. The minimum absolute atomic E-state index is 0.0290. The molecule has 1 aliphatic heterocycles. The van der Waals surface area contributed by atoms with Gasteiger partial charge in [0.1, 0.15) is 26.4 Å². The molecule has 4 atom stereocenters. The van der Waals surface area contributed by atoms with Crippen molar-refractivity contribution < 1.29 is 55.6 Å². The number of nitriles is 2. The highest BCUT2D eigenvalue weighted by atomic mass is 32.2. The molecule has 3 aliphatic rings.